The molecule has 0 saturated carbocycles. The van der Waals surface area contributed by atoms with Crippen LogP contribution in [-0.2, 0) is 4.74 Å². The minimum atomic E-state index is 0.490. The van der Waals surface area contributed by atoms with Crippen LogP contribution in [0.3, 0.4) is 0 Å². The molecule has 2 heteroatoms. The van der Waals surface area contributed by atoms with Crippen molar-refractivity contribution < 1.29 is 4.74 Å². The zero-order valence-electron chi connectivity index (χ0n) is 9.18. The smallest absolute Gasteiger partial charge is 0.0557 e. The molecule has 0 spiro atoms. The summed E-state index contributed by atoms with van der Waals surface area (Å²) in [6, 6.07) is 0. The molecular weight excluding hydrogens is 150 g/mol. The maximum Gasteiger partial charge on any atom is 0.0557 e. The fraction of sp³-hybridized carbons (Fsp3) is 1.00. The number of hydrogen-bond donors (Lipinski definition) is 0. The van der Waals surface area contributed by atoms with Gasteiger partial charge in [-0.05, 0) is 20.5 Å². The van der Waals surface area contributed by atoms with E-state index in [0.717, 1.165) is 13.2 Å². The monoisotopic (exact) mass is 173 g/mol. The molecule has 2 nitrogen and oxygen atoms in total. The lowest BCUT2D eigenvalue weighted by atomic mass is 9.83. The van der Waals surface area contributed by atoms with Crippen LogP contribution in [0, 0.1) is 5.41 Å². The molecule has 1 aliphatic rings. The van der Waals surface area contributed by atoms with Crippen molar-refractivity contribution in [3.05, 3.63) is 0 Å². The van der Waals surface area contributed by atoms with Gasteiger partial charge in [-0.1, -0.05) is 20.8 Å². The van der Waals surface area contributed by atoms with Gasteiger partial charge in [0.1, 0.15) is 0 Å². The summed E-state index contributed by atoms with van der Waals surface area (Å²) in [5, 5.41) is 0. The first kappa shape index (κ1) is 11.9. The number of nitrogens with zero attached hydrogens (tertiary/aromatic N) is 1. The van der Waals surface area contributed by atoms with E-state index >= 15 is 0 Å². The number of hydrogen-bond acceptors (Lipinski definition) is 2. The summed E-state index contributed by atoms with van der Waals surface area (Å²) in [6.07, 6.45) is 1.24. The summed E-state index contributed by atoms with van der Waals surface area (Å²) in [5.41, 5.74) is 0.490. The first-order valence-electron chi connectivity index (χ1n) is 4.91. The van der Waals surface area contributed by atoms with E-state index in [-0.39, 0.29) is 0 Å². The molecule has 0 bridgehead atoms. The molecule has 0 aromatic rings. The van der Waals surface area contributed by atoms with Gasteiger partial charge in [-0.15, -0.1) is 0 Å². The van der Waals surface area contributed by atoms with Gasteiger partial charge in [-0.2, -0.15) is 0 Å². The molecule has 1 rings (SSSR count). The van der Waals surface area contributed by atoms with E-state index in [1.54, 1.807) is 0 Å². The summed E-state index contributed by atoms with van der Waals surface area (Å²) in [7, 11) is 4.24. The third kappa shape index (κ3) is 3.11. The lowest BCUT2D eigenvalue weighted by Crippen LogP contribution is -2.48. The van der Waals surface area contributed by atoms with Gasteiger partial charge in [-0.3, -0.25) is 0 Å². The molecular formula is C10H23NO. The Morgan fingerprint density at radius 1 is 1.25 bits per heavy atom. The molecule has 12 heavy (non-hydrogen) atoms. The van der Waals surface area contributed by atoms with Crippen LogP contribution in [0.25, 0.3) is 0 Å². The van der Waals surface area contributed by atoms with Crippen LogP contribution in [0.1, 0.15) is 27.2 Å². The molecule has 1 aliphatic heterocycles. The fourth-order valence-electron chi connectivity index (χ4n) is 1.47. The summed E-state index contributed by atoms with van der Waals surface area (Å²) >= 11 is 0. The molecule has 0 atom stereocenters. The quantitative estimate of drug-likeness (QED) is 0.647. The summed E-state index contributed by atoms with van der Waals surface area (Å²) in [5.74, 6) is 0. The number of rotatable bonds is 3. The highest BCUT2D eigenvalue weighted by atomic mass is 16.5. The Balaban J connectivity index is 0.000000561. The Hall–Kier alpha value is -0.0800. The van der Waals surface area contributed by atoms with Crippen LogP contribution < -0.4 is 0 Å². The second-order valence-corrected chi connectivity index (χ2v) is 3.58. The van der Waals surface area contributed by atoms with Gasteiger partial charge in [0.15, 0.2) is 0 Å². The summed E-state index contributed by atoms with van der Waals surface area (Å²) < 4.78 is 5.20. The van der Waals surface area contributed by atoms with Crippen LogP contribution in [0.15, 0.2) is 0 Å². The Morgan fingerprint density at radius 3 is 1.83 bits per heavy atom. The van der Waals surface area contributed by atoms with Crippen molar-refractivity contribution in [2.24, 2.45) is 5.41 Å². The lowest BCUT2D eigenvalue weighted by molar-refractivity contribution is -0.123. The predicted octanol–water partition coefficient (Wildman–Crippen LogP) is 2.00. The van der Waals surface area contributed by atoms with Crippen molar-refractivity contribution in [2.45, 2.75) is 27.2 Å². The topological polar surface area (TPSA) is 12.5 Å². The average Bonchev–Trinajstić information content (AvgIpc) is 2.01. The largest absolute Gasteiger partial charge is 0.380 e. The molecule has 74 valence electrons. The second kappa shape index (κ2) is 5.55. The SMILES string of the molecule is CC.CCC1(CN(C)C)COC1. The van der Waals surface area contributed by atoms with Gasteiger partial charge in [-0.25, -0.2) is 0 Å². The molecule has 0 amide bonds. The Labute approximate surface area is 76.9 Å². The van der Waals surface area contributed by atoms with Crippen molar-refractivity contribution in [1.29, 1.82) is 0 Å². The normalized spacial score (nSPS) is 19.5. The van der Waals surface area contributed by atoms with Crippen molar-refractivity contribution >= 4 is 0 Å². The second-order valence-electron chi connectivity index (χ2n) is 3.58. The van der Waals surface area contributed by atoms with E-state index in [1.807, 2.05) is 13.8 Å². The Morgan fingerprint density at radius 2 is 1.75 bits per heavy atom. The van der Waals surface area contributed by atoms with E-state index in [9.17, 15) is 0 Å². The van der Waals surface area contributed by atoms with E-state index in [4.69, 9.17) is 4.74 Å². The molecule has 0 aliphatic carbocycles. The highest BCUT2D eigenvalue weighted by molar-refractivity contribution is 4.85. The fourth-order valence-corrected chi connectivity index (χ4v) is 1.47. The summed E-state index contributed by atoms with van der Waals surface area (Å²) in [4.78, 5) is 2.24. The first-order valence-corrected chi connectivity index (χ1v) is 4.91. The maximum atomic E-state index is 5.20. The highest BCUT2D eigenvalue weighted by Crippen LogP contribution is 2.31. The van der Waals surface area contributed by atoms with E-state index < -0.39 is 0 Å². The average molecular weight is 173 g/mol. The van der Waals surface area contributed by atoms with Gasteiger partial charge in [0.05, 0.1) is 13.2 Å². The minimum Gasteiger partial charge on any atom is -0.380 e. The van der Waals surface area contributed by atoms with Crippen LogP contribution in [0.5, 0.6) is 0 Å². The Bertz CT molecular complexity index is 103. The van der Waals surface area contributed by atoms with Crippen LogP contribution in [0.4, 0.5) is 0 Å². The van der Waals surface area contributed by atoms with Crippen LogP contribution in [-0.4, -0.2) is 38.8 Å². The van der Waals surface area contributed by atoms with E-state index in [0.29, 0.717) is 5.41 Å². The maximum absolute atomic E-state index is 5.20. The van der Waals surface area contributed by atoms with Gasteiger partial charge in [0.2, 0.25) is 0 Å². The van der Waals surface area contributed by atoms with Crippen molar-refractivity contribution in [3.63, 3.8) is 0 Å². The zero-order valence-corrected chi connectivity index (χ0v) is 9.18. The molecule has 0 radical (unpaired) electrons. The molecule has 1 heterocycles. The van der Waals surface area contributed by atoms with Crippen molar-refractivity contribution in [2.75, 3.05) is 33.9 Å². The van der Waals surface area contributed by atoms with Gasteiger partial charge >= 0.3 is 0 Å². The highest BCUT2D eigenvalue weighted by Gasteiger charge is 2.36. The molecule has 0 N–H and O–H groups in total. The van der Waals surface area contributed by atoms with Crippen molar-refractivity contribution in [3.8, 4) is 0 Å². The molecule has 1 fully saturated rings. The molecule has 1 saturated heterocycles. The van der Waals surface area contributed by atoms with Gasteiger partial charge < -0.3 is 9.64 Å². The van der Waals surface area contributed by atoms with E-state index in [1.165, 1.54) is 13.0 Å². The van der Waals surface area contributed by atoms with E-state index in [2.05, 4.69) is 25.9 Å². The lowest BCUT2D eigenvalue weighted by Gasteiger charge is -2.42. The third-order valence-electron chi connectivity index (χ3n) is 2.22. The molecule has 0 unspecified atom stereocenters. The molecule has 0 aromatic heterocycles. The van der Waals surface area contributed by atoms with Crippen LogP contribution in [0.2, 0.25) is 0 Å². The Kier molecular flexibility index (Phi) is 5.51. The number of ether oxygens (including phenoxy) is 1. The zero-order chi connectivity index (χ0) is 9.61. The summed E-state index contributed by atoms with van der Waals surface area (Å²) in [6.45, 7) is 9.33. The van der Waals surface area contributed by atoms with Crippen molar-refractivity contribution in [1.82, 2.24) is 4.90 Å². The minimum absolute atomic E-state index is 0.490. The first-order chi connectivity index (χ1) is 5.68. The standard InChI is InChI=1S/C8H17NO.C2H6/c1-4-8(5-9(2)3)6-10-7-8;1-2/h4-7H2,1-3H3;1-2H3. The predicted molar refractivity (Wildman–Crippen MR) is 53.4 cm³/mol. The molecule has 0 aromatic carbocycles. The van der Waals surface area contributed by atoms with Crippen LogP contribution >= 0.6 is 0 Å². The van der Waals surface area contributed by atoms with Gasteiger partial charge in [0, 0.05) is 12.0 Å². The van der Waals surface area contributed by atoms with Gasteiger partial charge in [0.25, 0.3) is 0 Å². The third-order valence-corrected chi connectivity index (χ3v) is 2.22.